The Balaban J connectivity index is 2.26. The molecule has 1 aromatic rings. The normalized spacial score (nSPS) is 10.4. The van der Waals surface area contributed by atoms with Gasteiger partial charge in [-0.2, -0.15) is 0 Å². The van der Waals surface area contributed by atoms with Crippen molar-refractivity contribution >= 4 is 11.9 Å². The zero-order valence-corrected chi connectivity index (χ0v) is 13.7. The molecule has 23 heavy (non-hydrogen) atoms. The molecule has 0 radical (unpaired) electrons. The third-order valence-corrected chi connectivity index (χ3v) is 2.93. The Kier molecular flexibility index (Phi) is 9.47. The van der Waals surface area contributed by atoms with Crippen LogP contribution in [0, 0.1) is 5.92 Å². The first kappa shape index (κ1) is 19.0. The van der Waals surface area contributed by atoms with Gasteiger partial charge in [-0.3, -0.25) is 9.59 Å². The van der Waals surface area contributed by atoms with Crippen molar-refractivity contribution in [2.24, 2.45) is 5.92 Å². The Hall–Kier alpha value is -2.08. The van der Waals surface area contributed by atoms with Crippen molar-refractivity contribution in [3.63, 3.8) is 0 Å². The molecule has 0 unspecified atom stereocenters. The second-order valence-corrected chi connectivity index (χ2v) is 4.62. The topological polar surface area (TPSA) is 71.1 Å². The van der Waals surface area contributed by atoms with Crippen molar-refractivity contribution in [1.82, 2.24) is 0 Å². The van der Waals surface area contributed by atoms with Crippen LogP contribution in [0.4, 0.5) is 0 Å². The van der Waals surface area contributed by atoms with Crippen LogP contribution in [0.25, 0.3) is 0 Å². The summed E-state index contributed by atoms with van der Waals surface area (Å²) in [6.07, 6.45) is 0.225. The van der Waals surface area contributed by atoms with Crippen molar-refractivity contribution in [1.29, 1.82) is 0 Å². The maximum Gasteiger partial charge on any atom is 0.320 e. The molecule has 0 bridgehead atoms. The summed E-state index contributed by atoms with van der Waals surface area (Å²) in [4.78, 5) is 23.5. The number of benzene rings is 1. The van der Waals surface area contributed by atoms with E-state index in [-0.39, 0.29) is 26.2 Å². The molecule has 0 saturated carbocycles. The Labute approximate surface area is 136 Å². The average Bonchev–Trinajstić information content (AvgIpc) is 2.55. The molecule has 128 valence electrons. The van der Waals surface area contributed by atoms with Crippen molar-refractivity contribution in [3.05, 3.63) is 30.3 Å². The maximum absolute atomic E-state index is 11.8. The van der Waals surface area contributed by atoms with E-state index in [0.717, 1.165) is 5.75 Å². The highest BCUT2D eigenvalue weighted by Gasteiger charge is 2.29. The highest BCUT2D eigenvalue weighted by atomic mass is 16.6. The van der Waals surface area contributed by atoms with E-state index < -0.39 is 17.9 Å². The fourth-order valence-corrected chi connectivity index (χ4v) is 1.86. The van der Waals surface area contributed by atoms with E-state index in [9.17, 15) is 9.59 Å². The first-order valence-electron chi connectivity index (χ1n) is 7.77. The van der Waals surface area contributed by atoms with Gasteiger partial charge >= 0.3 is 11.9 Å². The summed E-state index contributed by atoms with van der Waals surface area (Å²) >= 11 is 0. The Bertz CT molecular complexity index is 441. The van der Waals surface area contributed by atoms with Crippen molar-refractivity contribution < 1.29 is 28.5 Å². The van der Waals surface area contributed by atoms with Gasteiger partial charge in [0.2, 0.25) is 0 Å². The minimum absolute atomic E-state index is 0.223. The summed E-state index contributed by atoms with van der Waals surface area (Å²) in [5.74, 6) is -1.32. The molecule has 0 spiro atoms. The van der Waals surface area contributed by atoms with Crippen LogP contribution in [-0.4, -0.2) is 45.0 Å². The average molecular weight is 324 g/mol. The molecule has 0 aromatic heterocycles. The summed E-state index contributed by atoms with van der Waals surface area (Å²) < 4.78 is 20.7. The standard InChI is InChI=1S/C17H24O6/c1-3-21-16(18)15(17(19)22-4-2)10-11-20-12-13-23-14-8-6-5-7-9-14/h5-9,15H,3-4,10-13H2,1-2H3. The van der Waals surface area contributed by atoms with Crippen LogP contribution in [0.15, 0.2) is 30.3 Å². The summed E-state index contributed by atoms with van der Waals surface area (Å²) in [6, 6.07) is 9.41. The highest BCUT2D eigenvalue weighted by Crippen LogP contribution is 2.10. The van der Waals surface area contributed by atoms with Gasteiger partial charge in [-0.15, -0.1) is 0 Å². The molecule has 6 heteroatoms. The molecule has 0 saturated heterocycles. The predicted octanol–water partition coefficient (Wildman–Crippen LogP) is 2.21. The molecule has 0 heterocycles. The van der Waals surface area contributed by atoms with E-state index >= 15 is 0 Å². The lowest BCUT2D eigenvalue weighted by atomic mass is 10.1. The molecule has 0 fully saturated rings. The number of esters is 2. The van der Waals surface area contributed by atoms with Crippen LogP contribution >= 0.6 is 0 Å². The van der Waals surface area contributed by atoms with Crippen LogP contribution in [-0.2, 0) is 23.8 Å². The molecule has 0 aliphatic heterocycles. The van der Waals surface area contributed by atoms with E-state index in [0.29, 0.717) is 13.2 Å². The van der Waals surface area contributed by atoms with Gasteiger partial charge in [0, 0.05) is 6.61 Å². The summed E-state index contributed by atoms with van der Waals surface area (Å²) in [5, 5.41) is 0. The molecule has 0 aliphatic rings. The smallest absolute Gasteiger partial charge is 0.320 e. The minimum atomic E-state index is -0.940. The fraction of sp³-hybridized carbons (Fsp3) is 0.529. The first-order valence-corrected chi connectivity index (χ1v) is 7.77. The lowest BCUT2D eigenvalue weighted by molar-refractivity contribution is -0.162. The van der Waals surface area contributed by atoms with Crippen molar-refractivity contribution in [2.75, 3.05) is 33.0 Å². The number of carbonyl (C=O) groups excluding carboxylic acids is 2. The summed E-state index contributed by atoms with van der Waals surface area (Å²) in [6.45, 7) is 4.84. The van der Waals surface area contributed by atoms with Crippen LogP contribution < -0.4 is 4.74 Å². The molecule has 0 atom stereocenters. The molecule has 0 amide bonds. The van der Waals surface area contributed by atoms with Crippen LogP contribution in [0.3, 0.4) is 0 Å². The molecule has 0 aliphatic carbocycles. The van der Waals surface area contributed by atoms with Gasteiger partial charge in [-0.1, -0.05) is 18.2 Å². The molecule has 6 nitrogen and oxygen atoms in total. The number of hydrogen-bond acceptors (Lipinski definition) is 6. The second kappa shape index (κ2) is 11.5. The minimum Gasteiger partial charge on any atom is -0.491 e. The summed E-state index contributed by atoms with van der Waals surface area (Å²) in [7, 11) is 0. The van der Waals surface area contributed by atoms with Crippen LogP contribution in [0.1, 0.15) is 20.3 Å². The van der Waals surface area contributed by atoms with Gasteiger partial charge in [0.05, 0.1) is 19.8 Å². The molecule has 1 aromatic carbocycles. The number of hydrogen-bond donors (Lipinski definition) is 0. The zero-order valence-electron chi connectivity index (χ0n) is 13.7. The lowest BCUT2D eigenvalue weighted by Gasteiger charge is -2.14. The quantitative estimate of drug-likeness (QED) is 0.353. The van der Waals surface area contributed by atoms with E-state index in [1.807, 2.05) is 30.3 Å². The third kappa shape index (κ3) is 7.65. The van der Waals surface area contributed by atoms with Crippen molar-refractivity contribution in [3.8, 4) is 5.75 Å². The zero-order chi connectivity index (χ0) is 16.9. The third-order valence-electron chi connectivity index (χ3n) is 2.93. The van der Waals surface area contributed by atoms with Crippen LogP contribution in [0.5, 0.6) is 5.75 Å². The monoisotopic (exact) mass is 324 g/mol. The first-order chi connectivity index (χ1) is 11.2. The lowest BCUT2D eigenvalue weighted by Crippen LogP contribution is -2.29. The molecule has 0 N–H and O–H groups in total. The fourth-order valence-electron chi connectivity index (χ4n) is 1.86. The molecular weight excluding hydrogens is 300 g/mol. The number of para-hydroxylation sites is 1. The van der Waals surface area contributed by atoms with Gasteiger partial charge in [0.1, 0.15) is 12.4 Å². The van der Waals surface area contributed by atoms with E-state index in [1.165, 1.54) is 0 Å². The summed E-state index contributed by atoms with van der Waals surface area (Å²) in [5.41, 5.74) is 0. The van der Waals surface area contributed by atoms with Gasteiger partial charge in [-0.25, -0.2) is 0 Å². The second-order valence-electron chi connectivity index (χ2n) is 4.62. The predicted molar refractivity (Wildman–Crippen MR) is 84.1 cm³/mol. The largest absolute Gasteiger partial charge is 0.491 e. The van der Waals surface area contributed by atoms with Gasteiger partial charge in [0.15, 0.2) is 5.92 Å². The van der Waals surface area contributed by atoms with Crippen molar-refractivity contribution in [2.45, 2.75) is 20.3 Å². The number of carbonyl (C=O) groups is 2. The number of ether oxygens (including phenoxy) is 4. The maximum atomic E-state index is 11.8. The SMILES string of the molecule is CCOC(=O)C(CCOCCOc1ccccc1)C(=O)OCC. The molecule has 1 rings (SSSR count). The van der Waals surface area contributed by atoms with E-state index in [1.54, 1.807) is 13.8 Å². The Morgan fingerprint density at radius 2 is 1.52 bits per heavy atom. The highest BCUT2D eigenvalue weighted by molar-refractivity contribution is 5.94. The van der Waals surface area contributed by atoms with E-state index in [2.05, 4.69) is 0 Å². The van der Waals surface area contributed by atoms with Gasteiger partial charge in [-0.05, 0) is 32.4 Å². The number of rotatable bonds is 11. The van der Waals surface area contributed by atoms with Gasteiger partial charge < -0.3 is 18.9 Å². The Morgan fingerprint density at radius 1 is 0.913 bits per heavy atom. The van der Waals surface area contributed by atoms with Crippen LogP contribution in [0.2, 0.25) is 0 Å². The Morgan fingerprint density at radius 3 is 2.09 bits per heavy atom. The van der Waals surface area contributed by atoms with E-state index in [4.69, 9.17) is 18.9 Å². The van der Waals surface area contributed by atoms with Gasteiger partial charge in [0.25, 0.3) is 0 Å². The molecular formula is C17H24O6.